The van der Waals surface area contributed by atoms with Gasteiger partial charge in [0.25, 0.3) is 0 Å². The highest BCUT2D eigenvalue weighted by Crippen LogP contribution is 2.33. The Morgan fingerprint density at radius 3 is 2.70 bits per heavy atom. The SMILES string of the molecule is CCCCn1nnnc1C(c1cc2ccccc2o1)N1CCN(c2ncc(C)cc2Cl)CC1. The first-order chi connectivity index (χ1) is 16.1. The molecule has 33 heavy (non-hydrogen) atoms. The number of aryl methyl sites for hydroxylation is 2. The molecule has 0 aliphatic carbocycles. The van der Waals surface area contributed by atoms with Crippen LogP contribution in [-0.4, -0.2) is 56.3 Å². The lowest BCUT2D eigenvalue weighted by Crippen LogP contribution is -2.48. The molecule has 0 N–H and O–H groups in total. The number of furan rings is 1. The van der Waals surface area contributed by atoms with E-state index in [4.69, 9.17) is 16.0 Å². The van der Waals surface area contributed by atoms with Crippen LogP contribution in [0.4, 0.5) is 5.82 Å². The third-order valence-corrected chi connectivity index (χ3v) is 6.46. The monoisotopic (exact) mass is 465 g/mol. The molecule has 1 unspecified atom stereocenters. The molecular weight excluding hydrogens is 438 g/mol. The number of benzene rings is 1. The normalized spacial score (nSPS) is 15.9. The standard InChI is InChI=1S/C24H28ClN7O/c1-3-4-9-32-24(27-28-29-32)22(21-15-18-7-5-6-8-20(18)33-21)30-10-12-31(13-11-30)23-19(25)14-17(2)16-26-23/h5-8,14-16,22H,3-4,9-13H2,1-2H3. The molecule has 4 heterocycles. The Kier molecular flexibility index (Phi) is 6.28. The third-order valence-electron chi connectivity index (χ3n) is 6.18. The van der Waals surface area contributed by atoms with Crippen LogP contribution in [0.25, 0.3) is 11.0 Å². The summed E-state index contributed by atoms with van der Waals surface area (Å²) in [6.45, 7) is 8.21. The number of aromatic nitrogens is 5. The van der Waals surface area contributed by atoms with Gasteiger partial charge in [0.1, 0.15) is 23.2 Å². The molecule has 1 saturated heterocycles. The van der Waals surface area contributed by atoms with Gasteiger partial charge in [-0.3, -0.25) is 4.90 Å². The lowest BCUT2D eigenvalue weighted by Gasteiger charge is -2.38. The predicted octanol–water partition coefficient (Wildman–Crippen LogP) is 4.49. The Bertz CT molecular complexity index is 1200. The van der Waals surface area contributed by atoms with Crippen LogP contribution in [0, 0.1) is 6.92 Å². The van der Waals surface area contributed by atoms with Crippen molar-refractivity contribution in [1.82, 2.24) is 30.1 Å². The lowest BCUT2D eigenvalue weighted by molar-refractivity contribution is 0.182. The van der Waals surface area contributed by atoms with E-state index in [1.54, 1.807) is 0 Å². The summed E-state index contributed by atoms with van der Waals surface area (Å²) >= 11 is 6.49. The van der Waals surface area contributed by atoms with E-state index >= 15 is 0 Å². The van der Waals surface area contributed by atoms with Crippen LogP contribution in [0.3, 0.4) is 0 Å². The Hall–Kier alpha value is -2.97. The number of hydrogen-bond acceptors (Lipinski definition) is 7. The van der Waals surface area contributed by atoms with Crippen LogP contribution in [-0.2, 0) is 6.54 Å². The summed E-state index contributed by atoms with van der Waals surface area (Å²) in [5.41, 5.74) is 1.94. The summed E-state index contributed by atoms with van der Waals surface area (Å²) in [5.74, 6) is 2.53. The maximum absolute atomic E-state index is 6.49. The van der Waals surface area contributed by atoms with Crippen LogP contribution in [0.15, 0.2) is 47.0 Å². The fourth-order valence-electron chi connectivity index (χ4n) is 4.43. The molecule has 0 spiro atoms. The van der Waals surface area contributed by atoms with E-state index in [-0.39, 0.29) is 6.04 Å². The summed E-state index contributed by atoms with van der Waals surface area (Å²) < 4.78 is 8.24. The number of anilines is 1. The first kappa shape index (κ1) is 21.9. The van der Waals surface area contributed by atoms with Gasteiger partial charge in [0, 0.05) is 44.3 Å². The number of rotatable bonds is 7. The van der Waals surface area contributed by atoms with Gasteiger partial charge in [-0.15, -0.1) is 5.10 Å². The fourth-order valence-corrected chi connectivity index (χ4v) is 4.77. The second-order valence-electron chi connectivity index (χ2n) is 8.54. The molecule has 1 fully saturated rings. The van der Waals surface area contributed by atoms with Gasteiger partial charge in [-0.25, -0.2) is 9.67 Å². The van der Waals surface area contributed by atoms with E-state index in [1.807, 2.05) is 42.1 Å². The smallest absolute Gasteiger partial charge is 0.176 e. The summed E-state index contributed by atoms with van der Waals surface area (Å²) in [7, 11) is 0. The van der Waals surface area contributed by atoms with Crippen LogP contribution in [0.2, 0.25) is 5.02 Å². The van der Waals surface area contributed by atoms with Crippen molar-refractivity contribution in [2.75, 3.05) is 31.1 Å². The largest absolute Gasteiger partial charge is 0.459 e. The van der Waals surface area contributed by atoms with Crippen LogP contribution >= 0.6 is 11.6 Å². The fraction of sp³-hybridized carbons (Fsp3) is 0.417. The second-order valence-corrected chi connectivity index (χ2v) is 8.95. The van der Waals surface area contributed by atoms with Gasteiger partial charge >= 0.3 is 0 Å². The van der Waals surface area contributed by atoms with Gasteiger partial charge in [0.05, 0.1) is 5.02 Å². The summed E-state index contributed by atoms with van der Waals surface area (Å²) in [4.78, 5) is 9.21. The number of halogens is 1. The number of tetrazole rings is 1. The molecule has 9 heteroatoms. The summed E-state index contributed by atoms with van der Waals surface area (Å²) in [6, 6.07) is 12.0. The highest BCUT2D eigenvalue weighted by molar-refractivity contribution is 6.33. The molecule has 8 nitrogen and oxygen atoms in total. The minimum absolute atomic E-state index is 0.159. The van der Waals surface area contributed by atoms with Crippen molar-refractivity contribution >= 4 is 28.4 Å². The zero-order valence-corrected chi connectivity index (χ0v) is 19.7. The molecule has 0 amide bonds. The molecule has 4 aromatic rings. The van der Waals surface area contributed by atoms with E-state index in [1.165, 1.54) is 0 Å². The highest BCUT2D eigenvalue weighted by Gasteiger charge is 2.33. The van der Waals surface area contributed by atoms with Gasteiger partial charge in [0.15, 0.2) is 5.82 Å². The molecule has 0 saturated carbocycles. The van der Waals surface area contributed by atoms with Gasteiger partial charge < -0.3 is 9.32 Å². The van der Waals surface area contributed by atoms with Crippen molar-refractivity contribution in [3.05, 3.63) is 64.8 Å². The average molecular weight is 466 g/mol. The van der Waals surface area contributed by atoms with Crippen molar-refractivity contribution in [2.45, 2.75) is 39.3 Å². The van der Waals surface area contributed by atoms with E-state index in [0.717, 1.165) is 79.5 Å². The summed E-state index contributed by atoms with van der Waals surface area (Å²) in [6.07, 6.45) is 3.97. The minimum atomic E-state index is -0.159. The number of unbranched alkanes of at least 4 members (excludes halogenated alkanes) is 1. The van der Waals surface area contributed by atoms with E-state index in [2.05, 4.69) is 49.4 Å². The molecule has 172 valence electrons. The quantitative estimate of drug-likeness (QED) is 0.398. The van der Waals surface area contributed by atoms with Gasteiger partial charge in [-0.05, 0) is 47.5 Å². The molecular formula is C24H28ClN7O. The molecule has 0 radical (unpaired) electrons. The first-order valence-corrected chi connectivity index (χ1v) is 11.9. The Morgan fingerprint density at radius 2 is 1.94 bits per heavy atom. The van der Waals surface area contributed by atoms with Crippen LogP contribution < -0.4 is 4.90 Å². The second kappa shape index (κ2) is 9.49. The number of piperazine rings is 1. The maximum atomic E-state index is 6.49. The molecule has 1 aromatic carbocycles. The number of hydrogen-bond donors (Lipinski definition) is 0. The third kappa shape index (κ3) is 4.45. The molecule has 3 aromatic heterocycles. The molecule has 1 aliphatic heterocycles. The molecule has 5 rings (SSSR count). The van der Waals surface area contributed by atoms with Gasteiger partial charge in [0.2, 0.25) is 0 Å². The van der Waals surface area contributed by atoms with Crippen molar-refractivity contribution in [2.24, 2.45) is 0 Å². The van der Waals surface area contributed by atoms with Crippen LogP contribution in [0.5, 0.6) is 0 Å². The van der Waals surface area contributed by atoms with E-state index in [9.17, 15) is 0 Å². The van der Waals surface area contributed by atoms with Crippen LogP contribution in [0.1, 0.15) is 43.0 Å². The zero-order valence-electron chi connectivity index (χ0n) is 19.0. The highest BCUT2D eigenvalue weighted by atomic mass is 35.5. The zero-order chi connectivity index (χ0) is 22.8. The van der Waals surface area contributed by atoms with Crippen molar-refractivity contribution < 1.29 is 4.42 Å². The van der Waals surface area contributed by atoms with Gasteiger partial charge in [-0.1, -0.05) is 43.1 Å². The van der Waals surface area contributed by atoms with Gasteiger partial charge in [-0.2, -0.15) is 0 Å². The number of pyridine rings is 1. The number of nitrogens with zero attached hydrogens (tertiary/aromatic N) is 7. The first-order valence-electron chi connectivity index (χ1n) is 11.5. The van der Waals surface area contributed by atoms with Crippen molar-refractivity contribution in [3.63, 3.8) is 0 Å². The Balaban J connectivity index is 1.44. The van der Waals surface area contributed by atoms with E-state index < -0.39 is 0 Å². The maximum Gasteiger partial charge on any atom is 0.176 e. The molecule has 1 atom stereocenters. The number of fused-ring (bicyclic) bond motifs is 1. The average Bonchev–Trinajstić information content (AvgIpc) is 3.45. The predicted molar refractivity (Wildman–Crippen MR) is 129 cm³/mol. The topological polar surface area (TPSA) is 76.1 Å². The Morgan fingerprint density at radius 1 is 1.12 bits per heavy atom. The van der Waals surface area contributed by atoms with Crippen molar-refractivity contribution in [1.29, 1.82) is 0 Å². The minimum Gasteiger partial charge on any atom is -0.459 e. The molecule has 1 aliphatic rings. The molecule has 0 bridgehead atoms. The summed E-state index contributed by atoms with van der Waals surface area (Å²) in [5, 5.41) is 14.5. The van der Waals surface area contributed by atoms with E-state index in [0.29, 0.717) is 5.02 Å². The lowest BCUT2D eigenvalue weighted by atomic mass is 10.1. The number of para-hydroxylation sites is 1. The van der Waals surface area contributed by atoms with Crippen molar-refractivity contribution in [3.8, 4) is 0 Å². The Labute approximate surface area is 198 Å².